The van der Waals surface area contributed by atoms with Gasteiger partial charge in [0.15, 0.2) is 0 Å². The smallest absolute Gasteiger partial charge is 0.115 e. The van der Waals surface area contributed by atoms with Crippen LogP contribution in [0.3, 0.4) is 0 Å². The SMILES string of the molecule is CCc1cc(-c2cccn2C)c2ncc(CCc3cc(-c4cncnc4)c4nccc(C(C)C)c4c3)c(C(C)C)c2c1. The van der Waals surface area contributed by atoms with Gasteiger partial charge in [-0.15, -0.1) is 0 Å². The minimum Gasteiger partial charge on any atom is -0.351 e. The van der Waals surface area contributed by atoms with E-state index >= 15 is 0 Å². The Morgan fingerprint density at radius 1 is 0.762 bits per heavy atom. The summed E-state index contributed by atoms with van der Waals surface area (Å²) >= 11 is 0. The highest BCUT2D eigenvalue weighted by Gasteiger charge is 2.19. The molecule has 5 nitrogen and oxygen atoms in total. The Labute approximate surface area is 248 Å². The largest absolute Gasteiger partial charge is 0.351 e. The Morgan fingerprint density at radius 2 is 1.50 bits per heavy atom. The second-order valence-electron chi connectivity index (χ2n) is 12.0. The molecule has 6 aromatic rings. The van der Waals surface area contributed by atoms with Crippen LogP contribution < -0.4 is 0 Å². The molecule has 0 atom stereocenters. The molecule has 212 valence electrons. The lowest BCUT2D eigenvalue weighted by Gasteiger charge is -2.19. The summed E-state index contributed by atoms with van der Waals surface area (Å²) in [4.78, 5) is 18.5. The van der Waals surface area contributed by atoms with Crippen molar-refractivity contribution in [2.24, 2.45) is 7.05 Å². The summed E-state index contributed by atoms with van der Waals surface area (Å²) in [5.41, 5.74) is 13.3. The van der Waals surface area contributed by atoms with Crippen molar-refractivity contribution in [3.8, 4) is 22.4 Å². The zero-order valence-electron chi connectivity index (χ0n) is 25.5. The maximum absolute atomic E-state index is 5.12. The standard InChI is InChI=1S/C37H39N5/c1-7-25-15-32(34-9-8-14-42(34)6)37-33(16-25)35(24(4)5)27(21-41-37)11-10-26-17-30(28-19-38-22-39-20-28)36-31(18-26)29(23(2)3)12-13-40-36/h8-9,12-24H,7,10-11H2,1-6H3. The zero-order valence-corrected chi connectivity index (χ0v) is 25.5. The first-order chi connectivity index (χ1) is 20.4. The number of fused-ring (bicyclic) bond motifs is 2. The van der Waals surface area contributed by atoms with E-state index < -0.39 is 0 Å². The Hall–Kier alpha value is -4.38. The van der Waals surface area contributed by atoms with E-state index in [4.69, 9.17) is 9.97 Å². The summed E-state index contributed by atoms with van der Waals surface area (Å²) in [5.74, 6) is 0.776. The number of hydrogen-bond donors (Lipinski definition) is 0. The molecule has 0 aliphatic rings. The van der Waals surface area contributed by atoms with Crippen LogP contribution in [0.25, 0.3) is 44.2 Å². The maximum Gasteiger partial charge on any atom is 0.115 e. The Kier molecular flexibility index (Phi) is 7.59. The monoisotopic (exact) mass is 553 g/mol. The molecule has 0 amide bonds. The number of pyridine rings is 2. The molecule has 4 aromatic heterocycles. The predicted octanol–water partition coefficient (Wildman–Crippen LogP) is 8.84. The highest BCUT2D eigenvalue weighted by Crippen LogP contribution is 2.37. The fourth-order valence-electron chi connectivity index (χ4n) is 6.37. The van der Waals surface area contributed by atoms with E-state index in [1.54, 1.807) is 6.33 Å². The number of aromatic nitrogens is 5. The molecule has 2 aromatic carbocycles. The summed E-state index contributed by atoms with van der Waals surface area (Å²) < 4.78 is 2.19. The van der Waals surface area contributed by atoms with Crippen molar-refractivity contribution >= 4 is 21.8 Å². The van der Waals surface area contributed by atoms with E-state index in [1.165, 1.54) is 49.8 Å². The third-order valence-corrected chi connectivity index (χ3v) is 8.48. The van der Waals surface area contributed by atoms with Crippen LogP contribution in [0.1, 0.15) is 74.3 Å². The Bertz CT molecular complexity index is 1880. The van der Waals surface area contributed by atoms with Crippen LogP contribution in [0.5, 0.6) is 0 Å². The van der Waals surface area contributed by atoms with Crippen molar-refractivity contribution in [3.05, 3.63) is 108 Å². The molecular formula is C37H39N5. The van der Waals surface area contributed by atoms with Gasteiger partial charge < -0.3 is 4.57 Å². The normalized spacial score (nSPS) is 11.8. The van der Waals surface area contributed by atoms with Crippen molar-refractivity contribution in [1.29, 1.82) is 0 Å². The molecule has 0 fully saturated rings. The molecule has 0 unspecified atom stereocenters. The highest BCUT2D eigenvalue weighted by atomic mass is 14.9. The maximum atomic E-state index is 5.12. The summed E-state index contributed by atoms with van der Waals surface area (Å²) in [7, 11) is 2.11. The first-order valence-electron chi connectivity index (χ1n) is 15.1. The fraction of sp³-hybridized carbons (Fsp3) is 0.297. The molecule has 0 bridgehead atoms. The average molecular weight is 554 g/mol. The average Bonchev–Trinajstić information content (AvgIpc) is 3.43. The molecule has 6 rings (SSSR count). The molecule has 0 radical (unpaired) electrons. The molecule has 42 heavy (non-hydrogen) atoms. The van der Waals surface area contributed by atoms with E-state index in [0.717, 1.165) is 41.4 Å². The van der Waals surface area contributed by atoms with Gasteiger partial charge in [0.25, 0.3) is 0 Å². The number of nitrogens with zero attached hydrogens (tertiary/aromatic N) is 5. The lowest BCUT2D eigenvalue weighted by molar-refractivity contribution is 0.833. The number of hydrogen-bond acceptors (Lipinski definition) is 4. The van der Waals surface area contributed by atoms with Crippen molar-refractivity contribution in [1.82, 2.24) is 24.5 Å². The first-order valence-corrected chi connectivity index (χ1v) is 15.1. The van der Waals surface area contributed by atoms with E-state index in [2.05, 4.69) is 111 Å². The van der Waals surface area contributed by atoms with Gasteiger partial charge in [0.2, 0.25) is 0 Å². The highest BCUT2D eigenvalue weighted by molar-refractivity contribution is 5.97. The molecule has 0 spiro atoms. The van der Waals surface area contributed by atoms with Gasteiger partial charge in [-0.2, -0.15) is 0 Å². The van der Waals surface area contributed by atoms with Crippen molar-refractivity contribution in [2.45, 2.75) is 65.7 Å². The van der Waals surface area contributed by atoms with Crippen molar-refractivity contribution in [3.63, 3.8) is 0 Å². The quantitative estimate of drug-likeness (QED) is 0.189. The van der Waals surface area contributed by atoms with Gasteiger partial charge in [-0.3, -0.25) is 9.97 Å². The molecule has 5 heteroatoms. The second-order valence-corrected chi connectivity index (χ2v) is 12.0. The van der Waals surface area contributed by atoms with Gasteiger partial charge in [0, 0.05) is 71.2 Å². The third kappa shape index (κ3) is 5.09. The lowest BCUT2D eigenvalue weighted by atomic mass is 9.88. The summed E-state index contributed by atoms with van der Waals surface area (Å²) in [6.45, 7) is 11.3. The topological polar surface area (TPSA) is 56.5 Å². The minimum atomic E-state index is 0.379. The van der Waals surface area contributed by atoms with Gasteiger partial charge >= 0.3 is 0 Å². The minimum absolute atomic E-state index is 0.379. The number of benzene rings is 2. The summed E-state index contributed by atoms with van der Waals surface area (Å²) in [6, 6.07) is 15.8. The van der Waals surface area contributed by atoms with Gasteiger partial charge in [-0.05, 0) is 101 Å². The van der Waals surface area contributed by atoms with E-state index in [9.17, 15) is 0 Å². The molecule has 0 saturated heterocycles. The van der Waals surface area contributed by atoms with E-state index in [0.29, 0.717) is 11.8 Å². The number of rotatable bonds is 8. The fourth-order valence-corrected chi connectivity index (χ4v) is 6.37. The molecule has 0 aliphatic heterocycles. The lowest BCUT2D eigenvalue weighted by Crippen LogP contribution is -2.04. The second kappa shape index (κ2) is 11.5. The van der Waals surface area contributed by atoms with Crippen molar-refractivity contribution < 1.29 is 0 Å². The van der Waals surface area contributed by atoms with Crippen LogP contribution in [0.15, 0.2) is 79.8 Å². The van der Waals surface area contributed by atoms with Gasteiger partial charge in [-0.25, -0.2) is 9.97 Å². The van der Waals surface area contributed by atoms with Crippen LogP contribution in [-0.4, -0.2) is 24.5 Å². The Morgan fingerprint density at radius 3 is 2.19 bits per heavy atom. The van der Waals surface area contributed by atoms with Crippen LogP contribution >= 0.6 is 0 Å². The summed E-state index contributed by atoms with van der Waals surface area (Å²) in [6.07, 6.45) is 14.3. The van der Waals surface area contributed by atoms with E-state index in [-0.39, 0.29) is 0 Å². The van der Waals surface area contributed by atoms with Crippen molar-refractivity contribution in [2.75, 3.05) is 0 Å². The van der Waals surface area contributed by atoms with E-state index in [1.807, 2.05) is 18.6 Å². The van der Waals surface area contributed by atoms with Gasteiger partial charge in [0.05, 0.1) is 11.0 Å². The molecule has 4 heterocycles. The molecule has 0 N–H and O–H groups in total. The van der Waals surface area contributed by atoms with Gasteiger partial charge in [-0.1, -0.05) is 34.6 Å². The predicted molar refractivity (Wildman–Crippen MR) is 174 cm³/mol. The van der Waals surface area contributed by atoms with Crippen LogP contribution in [0.2, 0.25) is 0 Å². The third-order valence-electron chi connectivity index (χ3n) is 8.48. The first kappa shape index (κ1) is 27.8. The van der Waals surface area contributed by atoms with Crippen LogP contribution in [0.4, 0.5) is 0 Å². The summed E-state index contributed by atoms with van der Waals surface area (Å²) in [5, 5.41) is 2.49. The number of aryl methyl sites for hydroxylation is 4. The molecular weight excluding hydrogens is 514 g/mol. The molecule has 0 saturated carbocycles. The van der Waals surface area contributed by atoms with Crippen LogP contribution in [-0.2, 0) is 26.3 Å². The Balaban J connectivity index is 1.46. The molecule has 0 aliphatic carbocycles. The van der Waals surface area contributed by atoms with Gasteiger partial charge in [0.1, 0.15) is 6.33 Å². The van der Waals surface area contributed by atoms with Crippen LogP contribution in [0, 0.1) is 0 Å². The zero-order chi connectivity index (χ0) is 29.4.